The number of fused-ring (bicyclic) bond motifs is 4. The second kappa shape index (κ2) is 8.19. The lowest BCUT2D eigenvalue weighted by atomic mass is 9.72. The number of carbonyl (C=O) groups excluding carboxylic acids is 2. The van der Waals surface area contributed by atoms with Crippen molar-refractivity contribution in [3.05, 3.63) is 34.9 Å². The Labute approximate surface area is 165 Å². The van der Waals surface area contributed by atoms with Crippen molar-refractivity contribution in [1.29, 1.82) is 0 Å². The van der Waals surface area contributed by atoms with Crippen molar-refractivity contribution in [2.75, 3.05) is 19.6 Å². The van der Waals surface area contributed by atoms with E-state index in [1.807, 2.05) is 24.3 Å². The van der Waals surface area contributed by atoms with Crippen molar-refractivity contribution in [2.24, 2.45) is 11.8 Å². The van der Waals surface area contributed by atoms with Gasteiger partial charge in [0.1, 0.15) is 0 Å². The van der Waals surface area contributed by atoms with E-state index in [1.165, 1.54) is 6.42 Å². The van der Waals surface area contributed by atoms with Gasteiger partial charge in [0.15, 0.2) is 0 Å². The summed E-state index contributed by atoms with van der Waals surface area (Å²) in [7, 11) is 0. The zero-order chi connectivity index (χ0) is 18.8. The van der Waals surface area contributed by atoms with Gasteiger partial charge in [0.05, 0.1) is 6.04 Å². The van der Waals surface area contributed by atoms with Crippen LogP contribution in [0.4, 0.5) is 0 Å². The van der Waals surface area contributed by atoms with Crippen molar-refractivity contribution in [1.82, 2.24) is 15.5 Å². The van der Waals surface area contributed by atoms with E-state index in [1.54, 1.807) is 0 Å². The highest BCUT2D eigenvalue weighted by Gasteiger charge is 2.47. The molecule has 0 radical (unpaired) electrons. The highest BCUT2D eigenvalue weighted by Crippen LogP contribution is 2.39. The van der Waals surface area contributed by atoms with Crippen LogP contribution in [0.3, 0.4) is 0 Å². The molecule has 0 saturated carbocycles. The molecule has 27 heavy (non-hydrogen) atoms. The molecule has 3 fully saturated rings. The monoisotopic (exact) mass is 389 g/mol. The van der Waals surface area contributed by atoms with Crippen LogP contribution in [0.15, 0.2) is 24.3 Å². The van der Waals surface area contributed by atoms with E-state index in [2.05, 4.69) is 15.5 Å². The number of benzene rings is 1. The number of hydrogen-bond donors (Lipinski definition) is 2. The maximum atomic E-state index is 12.6. The van der Waals surface area contributed by atoms with Gasteiger partial charge in [-0.05, 0) is 55.7 Å². The first-order valence-electron chi connectivity index (χ1n) is 10.2. The van der Waals surface area contributed by atoms with Gasteiger partial charge in [0.2, 0.25) is 11.8 Å². The molecule has 1 aromatic carbocycles. The Hall–Kier alpha value is -1.59. The first kappa shape index (κ1) is 18.8. The zero-order valence-corrected chi connectivity index (χ0v) is 16.4. The number of carbonyl (C=O) groups is 2. The minimum Gasteiger partial charge on any atom is -0.354 e. The molecule has 3 aliphatic heterocycles. The smallest absolute Gasteiger partial charge is 0.223 e. The van der Waals surface area contributed by atoms with Gasteiger partial charge in [-0.3, -0.25) is 9.59 Å². The van der Waals surface area contributed by atoms with Gasteiger partial charge in [-0.2, -0.15) is 0 Å². The molecular formula is C21H28ClN3O2. The third-order valence-corrected chi connectivity index (χ3v) is 6.86. The summed E-state index contributed by atoms with van der Waals surface area (Å²) in [5, 5.41) is 7.34. The molecule has 2 bridgehead atoms. The van der Waals surface area contributed by atoms with Crippen LogP contribution in [0.2, 0.25) is 5.02 Å². The molecule has 6 heteroatoms. The summed E-state index contributed by atoms with van der Waals surface area (Å²) in [5.41, 5.74) is 0.998. The topological polar surface area (TPSA) is 61.4 Å². The first-order chi connectivity index (χ1) is 13.1. The molecular weight excluding hydrogens is 362 g/mol. The maximum Gasteiger partial charge on any atom is 0.223 e. The number of nitrogens with one attached hydrogen (secondary N) is 2. The SMILES string of the molecule is O=C(CCc1ccccc1Cl)NC[C@H]1[C@@H]2CNC[C@@H](C2)[C@@H]2CCCC(=O)N21. The highest BCUT2D eigenvalue weighted by molar-refractivity contribution is 6.31. The lowest BCUT2D eigenvalue weighted by molar-refractivity contribution is -0.149. The van der Waals surface area contributed by atoms with Crippen molar-refractivity contribution in [2.45, 2.75) is 50.6 Å². The molecule has 0 aromatic heterocycles. The number of aryl methyl sites for hydroxylation is 1. The highest BCUT2D eigenvalue weighted by atomic mass is 35.5. The number of halogens is 1. The van der Waals surface area contributed by atoms with Crippen LogP contribution in [0.5, 0.6) is 0 Å². The molecule has 146 valence electrons. The summed E-state index contributed by atoms with van der Waals surface area (Å²) in [6.07, 6.45) is 4.97. The number of nitrogens with zero attached hydrogens (tertiary/aromatic N) is 1. The Balaban J connectivity index is 1.36. The molecule has 0 spiro atoms. The Morgan fingerprint density at radius 3 is 2.93 bits per heavy atom. The normalized spacial score (nSPS) is 30.0. The van der Waals surface area contributed by atoms with Crippen molar-refractivity contribution >= 4 is 23.4 Å². The summed E-state index contributed by atoms with van der Waals surface area (Å²) in [5.74, 6) is 1.31. The van der Waals surface area contributed by atoms with E-state index in [4.69, 9.17) is 11.6 Å². The van der Waals surface area contributed by atoms with Crippen LogP contribution in [-0.2, 0) is 16.0 Å². The molecule has 0 aliphatic carbocycles. The van der Waals surface area contributed by atoms with Gasteiger partial charge in [-0.1, -0.05) is 29.8 Å². The summed E-state index contributed by atoms with van der Waals surface area (Å²) in [6, 6.07) is 8.12. The maximum absolute atomic E-state index is 12.6. The third kappa shape index (κ3) is 3.99. The molecule has 4 rings (SSSR count). The van der Waals surface area contributed by atoms with E-state index in [0.29, 0.717) is 48.7 Å². The molecule has 0 unspecified atom stereocenters. The van der Waals surface area contributed by atoms with Gasteiger partial charge in [0.25, 0.3) is 0 Å². The minimum absolute atomic E-state index is 0.0295. The number of amides is 2. The van der Waals surface area contributed by atoms with E-state index >= 15 is 0 Å². The summed E-state index contributed by atoms with van der Waals surface area (Å²) >= 11 is 6.17. The lowest BCUT2D eigenvalue weighted by Crippen LogP contribution is -2.66. The first-order valence-corrected chi connectivity index (χ1v) is 10.5. The summed E-state index contributed by atoms with van der Waals surface area (Å²) < 4.78 is 0. The third-order valence-electron chi connectivity index (χ3n) is 6.49. The number of hydrogen-bond acceptors (Lipinski definition) is 3. The number of piperidine rings is 3. The number of rotatable bonds is 5. The fraction of sp³-hybridized carbons (Fsp3) is 0.619. The average molecular weight is 390 g/mol. The largest absolute Gasteiger partial charge is 0.354 e. The van der Waals surface area contributed by atoms with Crippen LogP contribution in [0.25, 0.3) is 0 Å². The van der Waals surface area contributed by atoms with Gasteiger partial charge in [-0.15, -0.1) is 0 Å². The van der Waals surface area contributed by atoms with Crippen LogP contribution in [0, 0.1) is 11.8 Å². The van der Waals surface area contributed by atoms with Crippen LogP contribution >= 0.6 is 11.6 Å². The van der Waals surface area contributed by atoms with E-state index in [0.717, 1.165) is 31.5 Å². The van der Waals surface area contributed by atoms with Gasteiger partial charge in [-0.25, -0.2) is 0 Å². The summed E-state index contributed by atoms with van der Waals surface area (Å²) in [6.45, 7) is 2.51. The van der Waals surface area contributed by atoms with Gasteiger partial charge >= 0.3 is 0 Å². The van der Waals surface area contributed by atoms with Crippen LogP contribution < -0.4 is 10.6 Å². The lowest BCUT2D eigenvalue weighted by Gasteiger charge is -2.54. The molecule has 4 atom stereocenters. The molecule has 3 saturated heterocycles. The molecule has 2 amide bonds. The second-order valence-electron chi connectivity index (χ2n) is 8.14. The molecule has 3 heterocycles. The van der Waals surface area contributed by atoms with Crippen molar-refractivity contribution in [3.8, 4) is 0 Å². The predicted molar refractivity (Wildman–Crippen MR) is 106 cm³/mol. The summed E-state index contributed by atoms with van der Waals surface area (Å²) in [4.78, 5) is 27.2. The van der Waals surface area contributed by atoms with E-state index in [9.17, 15) is 9.59 Å². The zero-order valence-electron chi connectivity index (χ0n) is 15.6. The molecule has 3 aliphatic rings. The Kier molecular flexibility index (Phi) is 5.69. The predicted octanol–water partition coefficient (Wildman–Crippen LogP) is 2.38. The van der Waals surface area contributed by atoms with Gasteiger partial charge < -0.3 is 15.5 Å². The fourth-order valence-corrected chi connectivity index (χ4v) is 5.38. The van der Waals surface area contributed by atoms with Crippen LogP contribution in [0.1, 0.15) is 37.7 Å². The van der Waals surface area contributed by atoms with Crippen LogP contribution in [-0.4, -0.2) is 48.4 Å². The molecule has 5 nitrogen and oxygen atoms in total. The Bertz CT molecular complexity index is 710. The average Bonchev–Trinajstić information content (AvgIpc) is 2.68. The quantitative estimate of drug-likeness (QED) is 0.812. The standard InChI is InChI=1S/C21H28ClN3O2/c22-17-5-2-1-4-14(17)8-9-20(26)24-13-19-16-10-15(11-23-12-16)18-6-3-7-21(27)25(18)19/h1-2,4-5,15-16,18-19,23H,3,6-13H2,(H,24,26)/t15-,16+,18+,19+/m1/s1. The fourth-order valence-electron chi connectivity index (χ4n) is 5.15. The second-order valence-corrected chi connectivity index (χ2v) is 8.54. The minimum atomic E-state index is 0.0295. The van der Waals surface area contributed by atoms with Crippen molar-refractivity contribution in [3.63, 3.8) is 0 Å². The van der Waals surface area contributed by atoms with E-state index < -0.39 is 0 Å². The molecule has 2 N–H and O–H groups in total. The van der Waals surface area contributed by atoms with E-state index in [-0.39, 0.29) is 17.9 Å². The van der Waals surface area contributed by atoms with Crippen molar-refractivity contribution < 1.29 is 9.59 Å². The molecule has 1 aromatic rings. The van der Waals surface area contributed by atoms with Gasteiger partial charge in [0, 0.05) is 37.0 Å². The Morgan fingerprint density at radius 1 is 1.26 bits per heavy atom. The Morgan fingerprint density at radius 2 is 2.07 bits per heavy atom.